The van der Waals surface area contributed by atoms with Crippen LogP contribution in [-0.2, 0) is 6.42 Å². The van der Waals surface area contributed by atoms with Crippen LogP contribution >= 0.6 is 0 Å². The summed E-state index contributed by atoms with van der Waals surface area (Å²) in [6.45, 7) is 1.14. The molecule has 0 aromatic heterocycles. The smallest absolute Gasteiger partial charge is 0.123 e. The molecule has 3 aliphatic carbocycles. The number of benzene rings is 1. The number of nitrogens with one attached hydrogen (secondary N) is 1. The van der Waals surface area contributed by atoms with E-state index < -0.39 is 0 Å². The second kappa shape index (κ2) is 4.31. The summed E-state index contributed by atoms with van der Waals surface area (Å²) in [5.74, 6) is 1.87. The Kier molecular flexibility index (Phi) is 2.70. The van der Waals surface area contributed by atoms with Crippen LogP contribution in [-0.4, -0.2) is 12.6 Å². The highest BCUT2D eigenvalue weighted by Gasteiger charge is 2.53. The van der Waals surface area contributed by atoms with Gasteiger partial charge in [-0.1, -0.05) is 12.1 Å². The number of rotatable bonds is 5. The Balaban J connectivity index is 1.49. The number of halogens is 1. The van der Waals surface area contributed by atoms with Crippen molar-refractivity contribution in [2.45, 2.75) is 44.6 Å². The minimum Gasteiger partial charge on any atom is -0.313 e. The maximum Gasteiger partial charge on any atom is 0.123 e. The van der Waals surface area contributed by atoms with Crippen LogP contribution in [0.1, 0.15) is 37.7 Å². The number of hydrogen-bond acceptors (Lipinski definition) is 1. The van der Waals surface area contributed by atoms with E-state index in [2.05, 4.69) is 11.4 Å². The lowest BCUT2D eigenvalue weighted by Gasteiger charge is -2.31. The van der Waals surface area contributed by atoms with Crippen LogP contribution in [0.2, 0.25) is 0 Å². The fourth-order valence-corrected chi connectivity index (χ4v) is 4.09. The van der Waals surface area contributed by atoms with Crippen molar-refractivity contribution >= 4 is 0 Å². The molecule has 3 aliphatic rings. The van der Waals surface area contributed by atoms with E-state index in [1.165, 1.54) is 37.7 Å². The van der Waals surface area contributed by atoms with Crippen molar-refractivity contribution in [3.05, 3.63) is 35.6 Å². The summed E-state index contributed by atoms with van der Waals surface area (Å²) in [5, 5.41) is 3.72. The Morgan fingerprint density at radius 1 is 1.21 bits per heavy atom. The van der Waals surface area contributed by atoms with Gasteiger partial charge in [0.2, 0.25) is 0 Å². The molecule has 2 unspecified atom stereocenters. The molecule has 1 N–H and O–H groups in total. The molecule has 19 heavy (non-hydrogen) atoms. The molecule has 0 radical (unpaired) electrons. The zero-order valence-corrected chi connectivity index (χ0v) is 11.4. The predicted molar refractivity (Wildman–Crippen MR) is 74.4 cm³/mol. The maximum absolute atomic E-state index is 13.4. The van der Waals surface area contributed by atoms with Gasteiger partial charge in [0.05, 0.1) is 0 Å². The van der Waals surface area contributed by atoms with Crippen molar-refractivity contribution in [1.29, 1.82) is 0 Å². The topological polar surface area (TPSA) is 12.0 Å². The lowest BCUT2D eigenvalue weighted by atomic mass is 9.77. The van der Waals surface area contributed by atoms with Gasteiger partial charge in [-0.25, -0.2) is 4.39 Å². The largest absolute Gasteiger partial charge is 0.313 e. The Bertz CT molecular complexity index is 470. The summed E-state index contributed by atoms with van der Waals surface area (Å²) >= 11 is 0. The Morgan fingerprint density at radius 2 is 2.00 bits per heavy atom. The Morgan fingerprint density at radius 3 is 2.68 bits per heavy atom. The summed E-state index contributed by atoms with van der Waals surface area (Å²) in [6, 6.07) is 7.99. The standard InChI is InChI=1S/C17H22FN/c18-15-3-1-2-12(6-15)8-17(11-19-16-4-5-16)9-13-7-14(13)10-17/h1-3,6,13-14,16,19H,4-5,7-11H2. The van der Waals surface area contributed by atoms with Gasteiger partial charge in [0, 0.05) is 12.6 Å². The zero-order valence-electron chi connectivity index (χ0n) is 11.4. The molecule has 1 aromatic carbocycles. The summed E-state index contributed by atoms with van der Waals surface area (Å²) in [5.41, 5.74) is 1.59. The molecule has 2 heteroatoms. The molecule has 0 saturated heterocycles. The summed E-state index contributed by atoms with van der Waals surface area (Å²) < 4.78 is 13.4. The van der Waals surface area contributed by atoms with Crippen molar-refractivity contribution in [3.63, 3.8) is 0 Å². The number of fused-ring (bicyclic) bond motifs is 1. The van der Waals surface area contributed by atoms with E-state index in [4.69, 9.17) is 0 Å². The van der Waals surface area contributed by atoms with E-state index in [1.54, 1.807) is 12.1 Å². The van der Waals surface area contributed by atoms with E-state index in [-0.39, 0.29) is 5.82 Å². The molecule has 0 spiro atoms. The van der Waals surface area contributed by atoms with E-state index in [0.717, 1.165) is 30.8 Å². The summed E-state index contributed by atoms with van der Waals surface area (Å²) in [7, 11) is 0. The van der Waals surface area contributed by atoms with Crippen LogP contribution in [0, 0.1) is 23.1 Å². The molecular formula is C17H22FN. The van der Waals surface area contributed by atoms with E-state index in [0.29, 0.717) is 5.41 Å². The first-order valence-corrected chi connectivity index (χ1v) is 7.70. The summed E-state index contributed by atoms with van der Waals surface area (Å²) in [4.78, 5) is 0. The minimum atomic E-state index is -0.0917. The molecule has 3 saturated carbocycles. The maximum atomic E-state index is 13.4. The quantitative estimate of drug-likeness (QED) is 0.853. The Hall–Kier alpha value is -0.890. The van der Waals surface area contributed by atoms with Gasteiger partial charge in [-0.15, -0.1) is 0 Å². The molecule has 0 amide bonds. The van der Waals surface area contributed by atoms with Gasteiger partial charge in [-0.2, -0.15) is 0 Å². The molecule has 1 nitrogen and oxygen atoms in total. The molecule has 0 aliphatic heterocycles. The van der Waals surface area contributed by atoms with E-state index >= 15 is 0 Å². The first kappa shape index (κ1) is 11.9. The highest BCUT2D eigenvalue weighted by molar-refractivity contribution is 5.20. The van der Waals surface area contributed by atoms with Crippen LogP contribution in [0.3, 0.4) is 0 Å². The fourth-order valence-electron chi connectivity index (χ4n) is 4.09. The molecule has 1 aromatic rings. The van der Waals surface area contributed by atoms with Crippen molar-refractivity contribution in [2.75, 3.05) is 6.54 Å². The van der Waals surface area contributed by atoms with Crippen LogP contribution in [0.25, 0.3) is 0 Å². The van der Waals surface area contributed by atoms with Gasteiger partial charge < -0.3 is 5.32 Å². The van der Waals surface area contributed by atoms with Crippen molar-refractivity contribution in [2.24, 2.45) is 17.3 Å². The fraction of sp³-hybridized carbons (Fsp3) is 0.647. The van der Waals surface area contributed by atoms with Crippen molar-refractivity contribution < 1.29 is 4.39 Å². The molecule has 0 heterocycles. The first-order chi connectivity index (χ1) is 9.22. The molecule has 2 atom stereocenters. The van der Waals surface area contributed by atoms with E-state index in [1.807, 2.05) is 6.07 Å². The SMILES string of the molecule is Fc1cccc(CC2(CNC3CC3)CC3CC3C2)c1. The number of hydrogen-bond donors (Lipinski definition) is 1. The molecular weight excluding hydrogens is 237 g/mol. The third-order valence-corrected chi connectivity index (χ3v) is 5.27. The average Bonchev–Trinajstić information content (AvgIpc) is 3.28. The Labute approximate surface area is 114 Å². The van der Waals surface area contributed by atoms with Gasteiger partial charge >= 0.3 is 0 Å². The van der Waals surface area contributed by atoms with Crippen LogP contribution < -0.4 is 5.32 Å². The average molecular weight is 259 g/mol. The third kappa shape index (κ3) is 2.55. The third-order valence-electron chi connectivity index (χ3n) is 5.27. The lowest BCUT2D eigenvalue weighted by Crippen LogP contribution is -2.36. The van der Waals surface area contributed by atoms with Gasteiger partial charge in [0.15, 0.2) is 0 Å². The van der Waals surface area contributed by atoms with Crippen LogP contribution in [0.15, 0.2) is 24.3 Å². The van der Waals surface area contributed by atoms with Gasteiger partial charge in [-0.05, 0) is 73.5 Å². The van der Waals surface area contributed by atoms with Gasteiger partial charge in [0.1, 0.15) is 5.82 Å². The van der Waals surface area contributed by atoms with Crippen molar-refractivity contribution in [3.8, 4) is 0 Å². The molecule has 0 bridgehead atoms. The highest BCUT2D eigenvalue weighted by atomic mass is 19.1. The van der Waals surface area contributed by atoms with Crippen LogP contribution in [0.5, 0.6) is 0 Å². The normalized spacial score (nSPS) is 36.3. The molecule has 4 rings (SSSR count). The first-order valence-electron chi connectivity index (χ1n) is 7.70. The highest BCUT2D eigenvalue weighted by Crippen LogP contribution is 2.60. The zero-order chi connectivity index (χ0) is 12.9. The van der Waals surface area contributed by atoms with Crippen LogP contribution in [0.4, 0.5) is 4.39 Å². The lowest BCUT2D eigenvalue weighted by molar-refractivity contribution is 0.247. The summed E-state index contributed by atoms with van der Waals surface area (Å²) in [6.07, 6.45) is 7.92. The minimum absolute atomic E-state index is 0.0917. The predicted octanol–water partition coefficient (Wildman–Crippen LogP) is 3.54. The van der Waals surface area contributed by atoms with E-state index in [9.17, 15) is 4.39 Å². The van der Waals surface area contributed by atoms with Crippen molar-refractivity contribution in [1.82, 2.24) is 5.32 Å². The molecule has 3 fully saturated rings. The second-order valence-electron chi connectivity index (χ2n) is 7.13. The second-order valence-corrected chi connectivity index (χ2v) is 7.13. The van der Waals surface area contributed by atoms with Gasteiger partial charge in [0.25, 0.3) is 0 Å². The monoisotopic (exact) mass is 259 g/mol. The molecule has 102 valence electrons. The van der Waals surface area contributed by atoms with Gasteiger partial charge in [-0.3, -0.25) is 0 Å².